The Balaban J connectivity index is 1.62. The third-order valence-electron chi connectivity index (χ3n) is 5.98. The molecule has 0 radical (unpaired) electrons. The molecule has 1 amide bonds. The summed E-state index contributed by atoms with van der Waals surface area (Å²) in [5.41, 5.74) is 5.92. The molecule has 34 heavy (non-hydrogen) atoms. The molecule has 3 aromatic carbocycles. The van der Waals surface area contributed by atoms with E-state index in [1.54, 1.807) is 17.9 Å². The normalized spacial score (nSPS) is 14.6. The van der Waals surface area contributed by atoms with Gasteiger partial charge in [-0.1, -0.05) is 48.5 Å². The SMILES string of the molecule is COC(=O)C1=C(C)N(c2ccc(C)c(C)c2)C(=O)/C1=C\c1ccc(OCc2ccccc2)cc1. The highest BCUT2D eigenvalue weighted by atomic mass is 16.5. The summed E-state index contributed by atoms with van der Waals surface area (Å²) in [5.74, 6) is -0.0720. The molecule has 0 N–H and O–H groups in total. The molecular formula is C29H27NO4. The summed E-state index contributed by atoms with van der Waals surface area (Å²) in [6, 6.07) is 23.2. The number of nitrogens with zero attached hydrogens (tertiary/aromatic N) is 1. The highest BCUT2D eigenvalue weighted by Crippen LogP contribution is 2.36. The van der Waals surface area contributed by atoms with Gasteiger partial charge in [-0.15, -0.1) is 0 Å². The van der Waals surface area contributed by atoms with Gasteiger partial charge in [0.1, 0.15) is 12.4 Å². The average molecular weight is 454 g/mol. The van der Waals surface area contributed by atoms with E-state index in [0.717, 1.165) is 33.7 Å². The first-order chi connectivity index (χ1) is 16.4. The molecule has 1 heterocycles. The Morgan fingerprint density at radius 2 is 1.62 bits per heavy atom. The molecule has 1 aliphatic heterocycles. The van der Waals surface area contributed by atoms with Crippen molar-refractivity contribution in [2.24, 2.45) is 0 Å². The van der Waals surface area contributed by atoms with Gasteiger partial charge in [0, 0.05) is 11.4 Å². The van der Waals surface area contributed by atoms with Gasteiger partial charge < -0.3 is 9.47 Å². The summed E-state index contributed by atoms with van der Waals surface area (Å²) < 4.78 is 10.9. The molecule has 0 unspecified atom stereocenters. The first-order valence-corrected chi connectivity index (χ1v) is 11.1. The molecule has 0 aromatic heterocycles. The number of ether oxygens (including phenoxy) is 2. The van der Waals surface area contributed by atoms with Gasteiger partial charge in [0.15, 0.2) is 0 Å². The molecule has 172 valence electrons. The summed E-state index contributed by atoms with van der Waals surface area (Å²) in [6.07, 6.45) is 1.72. The van der Waals surface area contributed by atoms with Gasteiger partial charge in [0.05, 0.1) is 18.3 Å². The highest BCUT2D eigenvalue weighted by Gasteiger charge is 2.37. The van der Waals surface area contributed by atoms with Crippen molar-refractivity contribution < 1.29 is 19.1 Å². The van der Waals surface area contributed by atoms with Crippen LogP contribution in [-0.2, 0) is 20.9 Å². The Hall–Kier alpha value is -4.12. The lowest BCUT2D eigenvalue weighted by atomic mass is 10.0. The second-order valence-electron chi connectivity index (χ2n) is 8.26. The summed E-state index contributed by atoms with van der Waals surface area (Å²) in [4.78, 5) is 27.7. The van der Waals surface area contributed by atoms with Crippen LogP contribution in [0.4, 0.5) is 5.69 Å². The predicted molar refractivity (Wildman–Crippen MR) is 133 cm³/mol. The fourth-order valence-corrected chi connectivity index (χ4v) is 3.92. The molecule has 3 aromatic rings. The Kier molecular flexibility index (Phi) is 6.64. The van der Waals surface area contributed by atoms with Crippen LogP contribution < -0.4 is 9.64 Å². The number of allylic oxidation sites excluding steroid dienone is 1. The Bertz CT molecular complexity index is 1290. The minimum Gasteiger partial charge on any atom is -0.489 e. The number of hydrogen-bond donors (Lipinski definition) is 0. The van der Waals surface area contributed by atoms with Gasteiger partial charge in [-0.2, -0.15) is 0 Å². The molecule has 0 saturated carbocycles. The lowest BCUT2D eigenvalue weighted by Crippen LogP contribution is -2.24. The van der Waals surface area contributed by atoms with Crippen LogP contribution in [0.5, 0.6) is 5.75 Å². The lowest BCUT2D eigenvalue weighted by Gasteiger charge is -2.19. The van der Waals surface area contributed by atoms with E-state index in [1.165, 1.54) is 7.11 Å². The van der Waals surface area contributed by atoms with Gasteiger partial charge in [-0.3, -0.25) is 9.69 Å². The number of carbonyl (C=O) groups is 2. The van der Waals surface area contributed by atoms with Crippen molar-refractivity contribution in [1.29, 1.82) is 0 Å². The van der Waals surface area contributed by atoms with Crippen LogP contribution in [0.1, 0.15) is 29.2 Å². The molecule has 0 aliphatic carbocycles. The number of benzene rings is 3. The summed E-state index contributed by atoms with van der Waals surface area (Å²) in [5, 5.41) is 0. The standard InChI is InChI=1S/C29H27NO4/c1-19-10-13-24(16-20(19)2)30-21(3)27(29(32)33-4)26(28(30)31)17-22-11-14-25(15-12-22)34-18-23-8-6-5-7-9-23/h5-17H,18H2,1-4H3/b26-17-. The monoisotopic (exact) mass is 453 g/mol. The minimum absolute atomic E-state index is 0.259. The Morgan fingerprint density at radius 1 is 0.912 bits per heavy atom. The first kappa shape index (κ1) is 23.1. The summed E-state index contributed by atoms with van der Waals surface area (Å²) in [6.45, 7) is 6.25. The third kappa shape index (κ3) is 4.64. The third-order valence-corrected chi connectivity index (χ3v) is 5.98. The number of methoxy groups -OCH3 is 1. The van der Waals surface area contributed by atoms with Crippen molar-refractivity contribution in [3.63, 3.8) is 0 Å². The van der Waals surface area contributed by atoms with Crippen LogP contribution >= 0.6 is 0 Å². The molecule has 5 nitrogen and oxygen atoms in total. The topological polar surface area (TPSA) is 55.8 Å². The van der Waals surface area contributed by atoms with E-state index in [2.05, 4.69) is 0 Å². The Morgan fingerprint density at radius 3 is 2.26 bits per heavy atom. The molecule has 0 atom stereocenters. The maximum Gasteiger partial charge on any atom is 0.340 e. The van der Waals surface area contributed by atoms with E-state index < -0.39 is 5.97 Å². The summed E-state index contributed by atoms with van der Waals surface area (Å²) in [7, 11) is 1.32. The number of hydrogen-bond acceptors (Lipinski definition) is 4. The number of amides is 1. The Labute approximate surface area is 199 Å². The first-order valence-electron chi connectivity index (χ1n) is 11.1. The zero-order chi connectivity index (χ0) is 24.2. The number of rotatable bonds is 6. The fraction of sp³-hybridized carbons (Fsp3) is 0.172. The molecule has 0 saturated heterocycles. The van der Waals surface area contributed by atoms with E-state index in [4.69, 9.17) is 9.47 Å². The van der Waals surface area contributed by atoms with E-state index in [0.29, 0.717) is 17.9 Å². The van der Waals surface area contributed by atoms with Crippen molar-refractivity contribution in [3.05, 3.63) is 112 Å². The zero-order valence-corrected chi connectivity index (χ0v) is 19.8. The molecule has 1 aliphatic rings. The maximum absolute atomic E-state index is 13.5. The summed E-state index contributed by atoms with van der Waals surface area (Å²) >= 11 is 0. The van der Waals surface area contributed by atoms with Crippen molar-refractivity contribution in [2.45, 2.75) is 27.4 Å². The van der Waals surface area contributed by atoms with Crippen molar-refractivity contribution >= 4 is 23.6 Å². The van der Waals surface area contributed by atoms with Crippen molar-refractivity contribution in [2.75, 3.05) is 12.0 Å². The second-order valence-corrected chi connectivity index (χ2v) is 8.26. The molecule has 0 fully saturated rings. The fourth-order valence-electron chi connectivity index (χ4n) is 3.92. The van der Waals surface area contributed by atoms with Gasteiger partial charge in [-0.25, -0.2) is 4.79 Å². The molecule has 5 heteroatoms. The molecular weight excluding hydrogens is 426 g/mol. The quantitative estimate of drug-likeness (QED) is 0.352. The second kappa shape index (κ2) is 9.79. The van der Waals surface area contributed by atoms with Crippen LogP contribution in [0.15, 0.2) is 89.6 Å². The van der Waals surface area contributed by atoms with E-state index in [-0.39, 0.29) is 11.5 Å². The zero-order valence-electron chi connectivity index (χ0n) is 19.8. The van der Waals surface area contributed by atoms with Crippen LogP contribution in [0.3, 0.4) is 0 Å². The number of aryl methyl sites for hydroxylation is 2. The molecule has 4 rings (SSSR count). The van der Waals surface area contributed by atoms with Gasteiger partial charge in [0.2, 0.25) is 0 Å². The average Bonchev–Trinajstić information content (AvgIpc) is 3.09. The number of carbonyl (C=O) groups excluding carboxylic acids is 2. The maximum atomic E-state index is 13.5. The van der Waals surface area contributed by atoms with Crippen LogP contribution in [-0.4, -0.2) is 19.0 Å². The lowest BCUT2D eigenvalue weighted by molar-refractivity contribution is -0.136. The predicted octanol–water partition coefficient (Wildman–Crippen LogP) is 5.76. The van der Waals surface area contributed by atoms with Gasteiger partial charge in [-0.05, 0) is 73.4 Å². The van der Waals surface area contributed by atoms with Crippen LogP contribution in [0.25, 0.3) is 6.08 Å². The van der Waals surface area contributed by atoms with Crippen LogP contribution in [0.2, 0.25) is 0 Å². The smallest absolute Gasteiger partial charge is 0.340 e. The van der Waals surface area contributed by atoms with Gasteiger partial charge in [0.25, 0.3) is 5.91 Å². The van der Waals surface area contributed by atoms with Gasteiger partial charge >= 0.3 is 5.97 Å². The number of esters is 1. The van der Waals surface area contributed by atoms with E-state index in [9.17, 15) is 9.59 Å². The van der Waals surface area contributed by atoms with Crippen molar-refractivity contribution in [1.82, 2.24) is 0 Å². The number of anilines is 1. The van der Waals surface area contributed by atoms with Crippen LogP contribution in [0, 0.1) is 13.8 Å². The molecule has 0 bridgehead atoms. The minimum atomic E-state index is -0.536. The largest absolute Gasteiger partial charge is 0.489 e. The molecule has 0 spiro atoms. The van der Waals surface area contributed by atoms with E-state index >= 15 is 0 Å². The highest BCUT2D eigenvalue weighted by molar-refractivity contribution is 6.23. The van der Waals surface area contributed by atoms with Crippen molar-refractivity contribution in [3.8, 4) is 5.75 Å². The van der Waals surface area contributed by atoms with E-state index in [1.807, 2.05) is 86.6 Å².